The van der Waals surface area contributed by atoms with E-state index in [9.17, 15) is 4.39 Å². The second-order valence-corrected chi connectivity index (χ2v) is 6.07. The largest absolute Gasteiger partial charge is 0.206 e. The van der Waals surface area contributed by atoms with Gasteiger partial charge in [-0.25, -0.2) is 4.39 Å². The Morgan fingerprint density at radius 2 is 1.52 bits per heavy atom. The van der Waals surface area contributed by atoms with E-state index in [0.29, 0.717) is 5.39 Å². The molecule has 0 N–H and O–H groups in total. The lowest BCUT2D eigenvalue weighted by atomic mass is 9.97. The Kier molecular flexibility index (Phi) is 4.18. The van der Waals surface area contributed by atoms with Gasteiger partial charge in [0.25, 0.3) is 0 Å². The van der Waals surface area contributed by atoms with Crippen LogP contribution in [0.2, 0.25) is 0 Å². The topological polar surface area (TPSA) is 0 Å². The molecule has 0 aromatic heterocycles. The van der Waals surface area contributed by atoms with Gasteiger partial charge in [0, 0.05) is 10.3 Å². The molecule has 106 valence electrons. The van der Waals surface area contributed by atoms with E-state index in [1.54, 1.807) is 23.9 Å². The van der Waals surface area contributed by atoms with Gasteiger partial charge in [-0.2, -0.15) is 0 Å². The SMILES string of the molecule is CSc1ccccc1C(Cl)c1ccc(F)c2ccccc12. The molecular formula is C18H14ClFS. The normalized spacial score (nSPS) is 12.5. The Bertz CT molecular complexity index is 785. The van der Waals surface area contributed by atoms with Crippen LogP contribution in [0.3, 0.4) is 0 Å². The van der Waals surface area contributed by atoms with Crippen molar-refractivity contribution in [2.45, 2.75) is 10.3 Å². The van der Waals surface area contributed by atoms with Gasteiger partial charge >= 0.3 is 0 Å². The molecule has 0 spiro atoms. The van der Waals surface area contributed by atoms with E-state index in [4.69, 9.17) is 11.6 Å². The highest BCUT2D eigenvalue weighted by atomic mass is 35.5. The highest BCUT2D eigenvalue weighted by Crippen LogP contribution is 2.38. The van der Waals surface area contributed by atoms with Crippen LogP contribution in [0, 0.1) is 5.82 Å². The van der Waals surface area contributed by atoms with Crippen molar-refractivity contribution in [3.05, 3.63) is 77.6 Å². The van der Waals surface area contributed by atoms with E-state index < -0.39 is 0 Å². The Morgan fingerprint density at radius 3 is 2.29 bits per heavy atom. The number of hydrogen-bond acceptors (Lipinski definition) is 1. The Hall–Kier alpha value is -1.51. The van der Waals surface area contributed by atoms with Crippen LogP contribution in [0.25, 0.3) is 10.8 Å². The van der Waals surface area contributed by atoms with E-state index >= 15 is 0 Å². The van der Waals surface area contributed by atoms with Gasteiger partial charge in [0.1, 0.15) is 5.82 Å². The van der Waals surface area contributed by atoms with Gasteiger partial charge in [-0.05, 0) is 34.9 Å². The maximum Gasteiger partial charge on any atom is 0.131 e. The minimum absolute atomic E-state index is 0.212. The fourth-order valence-electron chi connectivity index (χ4n) is 2.55. The number of fused-ring (bicyclic) bond motifs is 1. The molecule has 1 unspecified atom stereocenters. The molecule has 0 saturated heterocycles. The molecule has 0 aliphatic rings. The van der Waals surface area contributed by atoms with Gasteiger partial charge in [-0.15, -0.1) is 23.4 Å². The predicted octanol–water partition coefficient (Wildman–Crippen LogP) is 6.03. The molecule has 0 aliphatic carbocycles. The molecule has 3 aromatic carbocycles. The van der Waals surface area contributed by atoms with Gasteiger partial charge in [0.05, 0.1) is 5.38 Å². The summed E-state index contributed by atoms with van der Waals surface area (Å²) < 4.78 is 13.9. The zero-order valence-corrected chi connectivity index (χ0v) is 13.1. The number of rotatable bonds is 3. The molecule has 0 nitrogen and oxygen atoms in total. The molecule has 21 heavy (non-hydrogen) atoms. The van der Waals surface area contributed by atoms with Crippen LogP contribution in [-0.4, -0.2) is 6.26 Å². The third kappa shape index (κ3) is 2.66. The summed E-state index contributed by atoms with van der Waals surface area (Å²) in [7, 11) is 0. The highest BCUT2D eigenvalue weighted by Gasteiger charge is 2.17. The van der Waals surface area contributed by atoms with E-state index in [0.717, 1.165) is 21.4 Å². The van der Waals surface area contributed by atoms with Crippen LogP contribution in [0.15, 0.2) is 65.6 Å². The second kappa shape index (κ2) is 6.08. The third-order valence-electron chi connectivity index (χ3n) is 3.59. The fourth-order valence-corrected chi connectivity index (χ4v) is 3.63. The molecule has 0 bridgehead atoms. The van der Waals surface area contributed by atoms with Gasteiger partial charge in [-0.3, -0.25) is 0 Å². The number of benzene rings is 3. The second-order valence-electron chi connectivity index (χ2n) is 4.79. The van der Waals surface area contributed by atoms with Crippen molar-refractivity contribution in [2.24, 2.45) is 0 Å². The quantitative estimate of drug-likeness (QED) is 0.420. The molecule has 0 heterocycles. The molecule has 3 rings (SSSR count). The Morgan fingerprint density at radius 1 is 0.857 bits per heavy atom. The van der Waals surface area contributed by atoms with Crippen LogP contribution in [0.1, 0.15) is 16.5 Å². The van der Waals surface area contributed by atoms with Crippen molar-refractivity contribution in [3.63, 3.8) is 0 Å². The summed E-state index contributed by atoms with van der Waals surface area (Å²) in [5.41, 5.74) is 2.00. The Labute approximate surface area is 132 Å². The average Bonchev–Trinajstić information content (AvgIpc) is 2.55. The van der Waals surface area contributed by atoms with Gasteiger partial charge in [0.15, 0.2) is 0 Å². The number of halogens is 2. The summed E-state index contributed by atoms with van der Waals surface area (Å²) in [5.74, 6) is -0.212. The molecule has 3 heteroatoms. The first-order chi connectivity index (χ1) is 10.2. The first-order valence-electron chi connectivity index (χ1n) is 6.66. The smallest absolute Gasteiger partial charge is 0.131 e. The van der Waals surface area contributed by atoms with E-state index in [1.807, 2.05) is 42.7 Å². The van der Waals surface area contributed by atoms with Crippen molar-refractivity contribution in [2.75, 3.05) is 6.26 Å². The third-order valence-corrected chi connectivity index (χ3v) is 4.87. The minimum Gasteiger partial charge on any atom is -0.206 e. The van der Waals surface area contributed by atoms with E-state index in [2.05, 4.69) is 6.07 Å². The molecule has 0 fully saturated rings. The highest BCUT2D eigenvalue weighted by molar-refractivity contribution is 7.98. The molecular weight excluding hydrogens is 303 g/mol. The standard InChI is InChI=1S/C18H14ClFS/c1-21-17-9-5-4-8-15(17)18(19)14-10-11-16(20)13-7-3-2-6-12(13)14/h2-11,18H,1H3. The van der Waals surface area contributed by atoms with Crippen molar-refractivity contribution >= 4 is 34.1 Å². The van der Waals surface area contributed by atoms with Crippen LogP contribution >= 0.6 is 23.4 Å². The monoisotopic (exact) mass is 316 g/mol. The fraction of sp³-hybridized carbons (Fsp3) is 0.111. The number of thioether (sulfide) groups is 1. The first-order valence-corrected chi connectivity index (χ1v) is 8.32. The van der Waals surface area contributed by atoms with Crippen molar-refractivity contribution in [1.82, 2.24) is 0 Å². The zero-order chi connectivity index (χ0) is 14.8. The van der Waals surface area contributed by atoms with Crippen LogP contribution in [0.5, 0.6) is 0 Å². The zero-order valence-electron chi connectivity index (χ0n) is 11.5. The summed E-state index contributed by atoms with van der Waals surface area (Å²) in [4.78, 5) is 1.14. The molecule has 3 aromatic rings. The van der Waals surface area contributed by atoms with Crippen LogP contribution in [0.4, 0.5) is 4.39 Å². The van der Waals surface area contributed by atoms with E-state index in [1.165, 1.54) is 6.07 Å². The van der Waals surface area contributed by atoms with Crippen molar-refractivity contribution < 1.29 is 4.39 Å². The van der Waals surface area contributed by atoms with Crippen molar-refractivity contribution in [3.8, 4) is 0 Å². The summed E-state index contributed by atoms with van der Waals surface area (Å²) in [6.07, 6.45) is 2.03. The average molecular weight is 317 g/mol. The van der Waals surface area contributed by atoms with Gasteiger partial charge in [0.2, 0.25) is 0 Å². The Balaban J connectivity index is 2.18. The lowest BCUT2D eigenvalue weighted by molar-refractivity contribution is 0.639. The summed E-state index contributed by atoms with van der Waals surface area (Å²) in [5, 5.41) is 1.19. The summed E-state index contributed by atoms with van der Waals surface area (Å²) in [6.45, 7) is 0. The molecule has 0 radical (unpaired) electrons. The van der Waals surface area contributed by atoms with Gasteiger partial charge < -0.3 is 0 Å². The lowest BCUT2D eigenvalue weighted by Crippen LogP contribution is -1.97. The molecule has 1 atom stereocenters. The maximum absolute atomic E-state index is 13.9. The molecule has 0 aliphatic heterocycles. The van der Waals surface area contributed by atoms with E-state index in [-0.39, 0.29) is 11.2 Å². The lowest BCUT2D eigenvalue weighted by Gasteiger charge is -2.16. The molecule has 0 saturated carbocycles. The maximum atomic E-state index is 13.9. The first kappa shape index (κ1) is 14.4. The van der Waals surface area contributed by atoms with Crippen LogP contribution < -0.4 is 0 Å². The van der Waals surface area contributed by atoms with Crippen molar-refractivity contribution in [1.29, 1.82) is 0 Å². The summed E-state index contributed by atoms with van der Waals surface area (Å²) >= 11 is 8.38. The number of hydrogen-bond donors (Lipinski definition) is 0. The number of alkyl halides is 1. The van der Waals surface area contributed by atoms with Crippen LogP contribution in [-0.2, 0) is 0 Å². The van der Waals surface area contributed by atoms with Gasteiger partial charge in [-0.1, -0.05) is 48.5 Å². The minimum atomic E-state index is -0.292. The molecule has 0 amide bonds. The summed E-state index contributed by atoms with van der Waals surface area (Å²) in [6, 6.07) is 18.8. The predicted molar refractivity (Wildman–Crippen MR) is 89.8 cm³/mol.